The van der Waals surface area contributed by atoms with Gasteiger partial charge in [0.15, 0.2) is 0 Å². The highest BCUT2D eigenvalue weighted by molar-refractivity contribution is 7.40. The molecule has 1 aliphatic carbocycles. The van der Waals surface area contributed by atoms with Crippen molar-refractivity contribution in [1.82, 2.24) is 19.7 Å². The zero-order chi connectivity index (χ0) is 23.0. The molecule has 9 nitrogen and oxygen atoms in total. The van der Waals surface area contributed by atoms with Gasteiger partial charge in [-0.3, -0.25) is 4.57 Å². The number of ether oxygens (including phenoxy) is 1. The Kier molecular flexibility index (Phi) is 4.80. The molecule has 3 aliphatic heterocycles. The van der Waals surface area contributed by atoms with Crippen molar-refractivity contribution < 1.29 is 28.3 Å². The van der Waals surface area contributed by atoms with Crippen LogP contribution >= 0.6 is 8.10 Å². The van der Waals surface area contributed by atoms with E-state index in [1.807, 2.05) is 12.1 Å². The van der Waals surface area contributed by atoms with Gasteiger partial charge in [-0.25, -0.2) is 19.7 Å². The first-order valence-electron chi connectivity index (χ1n) is 11.0. The average molecular weight is 479 g/mol. The summed E-state index contributed by atoms with van der Waals surface area (Å²) in [5.41, 5.74) is 1.54. The van der Waals surface area contributed by atoms with Gasteiger partial charge in [-0.15, -0.1) is 0 Å². The van der Waals surface area contributed by atoms with Gasteiger partial charge in [-0.05, 0) is 12.5 Å². The molecular weight excluding hydrogens is 455 g/mol. The highest BCUT2D eigenvalue weighted by Crippen LogP contribution is 2.49. The van der Waals surface area contributed by atoms with E-state index in [0.717, 1.165) is 5.56 Å². The average Bonchev–Trinajstić information content (AvgIpc) is 3.39. The molecule has 2 unspecified atom stereocenters. The Morgan fingerprint density at radius 3 is 2.88 bits per heavy atom. The second-order valence-electron chi connectivity index (χ2n) is 9.12. The molecule has 0 bridgehead atoms. The molecule has 2 fully saturated rings. The van der Waals surface area contributed by atoms with Crippen molar-refractivity contribution in [1.29, 1.82) is 0 Å². The molecular formula is C21H24F2N5O4P. The zero-order valence-electron chi connectivity index (χ0n) is 17.7. The number of aliphatic hydroxyl groups is 2. The Balaban J connectivity index is 1.39. The van der Waals surface area contributed by atoms with Crippen molar-refractivity contribution in [3.8, 4) is 17.0 Å². The topological polar surface area (TPSA) is 111 Å². The molecule has 0 amide bonds. The van der Waals surface area contributed by atoms with Crippen LogP contribution in [0.3, 0.4) is 0 Å². The number of hydrogen-bond acceptors (Lipinski definition) is 7. The third kappa shape index (κ3) is 3.29. The van der Waals surface area contributed by atoms with Crippen LogP contribution in [-0.4, -0.2) is 70.3 Å². The van der Waals surface area contributed by atoms with Crippen LogP contribution in [0.1, 0.15) is 23.2 Å². The summed E-state index contributed by atoms with van der Waals surface area (Å²) in [6, 6.07) is 5.50. The predicted octanol–water partition coefficient (Wildman–Crippen LogP) is 1.24. The van der Waals surface area contributed by atoms with Crippen LogP contribution in [0.4, 0.5) is 14.7 Å². The predicted molar refractivity (Wildman–Crippen MR) is 116 cm³/mol. The molecule has 1 aromatic heterocycles. The first-order valence-corrected chi connectivity index (χ1v) is 12.3. The Labute approximate surface area is 189 Å². The van der Waals surface area contributed by atoms with E-state index in [1.54, 1.807) is 15.6 Å². The normalized spacial score (nSPS) is 28.1. The molecule has 2 saturated heterocycles. The first-order chi connectivity index (χ1) is 15.8. The van der Waals surface area contributed by atoms with E-state index in [4.69, 9.17) is 4.74 Å². The van der Waals surface area contributed by atoms with E-state index in [2.05, 4.69) is 15.1 Å². The van der Waals surface area contributed by atoms with E-state index >= 15 is 0 Å². The summed E-state index contributed by atoms with van der Waals surface area (Å²) in [7, 11) is -2.22. The smallest absolute Gasteiger partial charge is 0.290 e. The van der Waals surface area contributed by atoms with Gasteiger partial charge in [0.1, 0.15) is 23.6 Å². The Morgan fingerprint density at radius 1 is 1.30 bits per heavy atom. The fraction of sp³-hybridized carbons (Fsp3) is 0.524. The lowest BCUT2D eigenvalue weighted by Gasteiger charge is -2.36. The number of nitrogens with one attached hydrogen (secondary N) is 1. The van der Waals surface area contributed by atoms with Crippen molar-refractivity contribution >= 4 is 14.1 Å². The standard InChI is InChI=1S/C21H24F2N5O4P/c22-21(23)4-3-14-17(24-19(25-18(14)21)27-8-13(30)9-27)12-1-2-15-16(7-12)32-11-20(15)10-28(5-6-29)33(31)26-20/h1-2,7,13,29-30,33H,3-6,8-11H2,(H,26,31). The molecule has 1 spiro atoms. The Hall–Kier alpha value is -2.17. The maximum atomic E-state index is 14.6. The number of halogens is 2. The third-order valence-electron chi connectivity index (χ3n) is 6.88. The molecule has 0 radical (unpaired) electrons. The number of hydrogen-bond donors (Lipinski definition) is 3. The summed E-state index contributed by atoms with van der Waals surface area (Å²) in [5.74, 6) is -2.22. The van der Waals surface area contributed by atoms with E-state index in [9.17, 15) is 23.6 Å². The van der Waals surface area contributed by atoms with E-state index < -0.39 is 25.7 Å². The molecule has 1 aromatic carbocycles. The maximum absolute atomic E-state index is 14.6. The summed E-state index contributed by atoms with van der Waals surface area (Å²) in [6.07, 6.45) is -0.631. The summed E-state index contributed by atoms with van der Waals surface area (Å²) in [4.78, 5) is 10.5. The van der Waals surface area contributed by atoms with E-state index in [1.165, 1.54) is 0 Å². The highest BCUT2D eigenvalue weighted by atomic mass is 31.1. The van der Waals surface area contributed by atoms with Gasteiger partial charge >= 0.3 is 0 Å². The minimum Gasteiger partial charge on any atom is -0.491 e. The van der Waals surface area contributed by atoms with Crippen LogP contribution in [0, 0.1) is 0 Å². The second-order valence-corrected chi connectivity index (χ2v) is 10.6. The van der Waals surface area contributed by atoms with Crippen LogP contribution in [0.5, 0.6) is 5.75 Å². The summed E-state index contributed by atoms with van der Waals surface area (Å²) in [5, 5.41) is 22.0. The quantitative estimate of drug-likeness (QED) is 0.558. The lowest BCUT2D eigenvalue weighted by atomic mass is 9.91. The van der Waals surface area contributed by atoms with Crippen LogP contribution in [0.2, 0.25) is 0 Å². The van der Waals surface area contributed by atoms with Gasteiger partial charge in [0.25, 0.3) is 5.92 Å². The Bertz CT molecular complexity index is 1160. The molecule has 2 atom stereocenters. The number of anilines is 1. The van der Waals surface area contributed by atoms with Crippen molar-refractivity contribution in [2.45, 2.75) is 30.4 Å². The highest BCUT2D eigenvalue weighted by Gasteiger charge is 2.49. The van der Waals surface area contributed by atoms with Crippen molar-refractivity contribution in [3.05, 3.63) is 35.0 Å². The number of fused-ring (bicyclic) bond motifs is 3. The van der Waals surface area contributed by atoms with Crippen LogP contribution in [0.25, 0.3) is 11.3 Å². The number of aromatic nitrogens is 2. The lowest BCUT2D eigenvalue weighted by Crippen LogP contribution is -2.51. The number of rotatable bonds is 4. The first kappa shape index (κ1) is 21.4. The Morgan fingerprint density at radius 2 is 2.12 bits per heavy atom. The molecule has 0 saturated carbocycles. The fourth-order valence-electron chi connectivity index (χ4n) is 5.13. The second kappa shape index (κ2) is 7.41. The van der Waals surface area contributed by atoms with E-state index in [0.29, 0.717) is 55.4 Å². The van der Waals surface area contributed by atoms with Crippen LogP contribution in [0.15, 0.2) is 18.2 Å². The van der Waals surface area contributed by atoms with Crippen molar-refractivity contribution in [3.63, 3.8) is 0 Å². The molecule has 6 rings (SSSR count). The van der Waals surface area contributed by atoms with Gasteiger partial charge in [0.2, 0.25) is 14.1 Å². The van der Waals surface area contributed by atoms with Crippen molar-refractivity contribution in [2.75, 3.05) is 44.3 Å². The number of β-amino-alcohol motifs (C(OH)–C–C–N with tert-alkyl or cyclic N) is 2. The number of aliphatic hydroxyl groups excluding tert-OH is 2. The zero-order valence-corrected chi connectivity index (χ0v) is 18.7. The van der Waals surface area contributed by atoms with Crippen LogP contribution in [-0.2, 0) is 22.4 Å². The number of alkyl halides is 2. The number of benzene rings is 1. The van der Waals surface area contributed by atoms with Crippen LogP contribution < -0.4 is 14.7 Å². The summed E-state index contributed by atoms with van der Waals surface area (Å²) in [6.45, 7) is 1.61. The fourth-order valence-corrected chi connectivity index (χ4v) is 6.70. The molecule has 4 aliphatic rings. The molecule has 4 heterocycles. The van der Waals surface area contributed by atoms with Gasteiger partial charge < -0.3 is 19.8 Å². The minimum atomic E-state index is -3.01. The van der Waals surface area contributed by atoms with Gasteiger partial charge in [-0.1, -0.05) is 12.1 Å². The van der Waals surface area contributed by atoms with Gasteiger partial charge in [0, 0.05) is 49.3 Å². The monoisotopic (exact) mass is 479 g/mol. The van der Waals surface area contributed by atoms with Crippen molar-refractivity contribution in [2.24, 2.45) is 0 Å². The number of nitrogens with zero attached hydrogens (tertiary/aromatic N) is 4. The lowest BCUT2D eigenvalue weighted by molar-refractivity contribution is -0.00597. The summed E-state index contributed by atoms with van der Waals surface area (Å²) >= 11 is 0. The SMILES string of the molecule is O=[PH]1NC2(COc3cc(-c4nc(N5CC(O)C5)nc5c4CCC5(F)F)ccc32)CN1CCO. The minimum absolute atomic E-state index is 0.0827. The molecule has 2 aromatic rings. The van der Waals surface area contributed by atoms with Gasteiger partial charge in [0.05, 0.1) is 18.4 Å². The van der Waals surface area contributed by atoms with E-state index in [-0.39, 0.29) is 31.1 Å². The van der Waals surface area contributed by atoms with Gasteiger partial charge in [-0.2, -0.15) is 8.78 Å². The molecule has 33 heavy (non-hydrogen) atoms. The molecule has 3 N–H and O–H groups in total. The summed E-state index contributed by atoms with van der Waals surface area (Å²) < 4.78 is 49.3. The largest absolute Gasteiger partial charge is 0.491 e. The molecule has 12 heteroatoms. The third-order valence-corrected chi connectivity index (χ3v) is 8.53. The maximum Gasteiger partial charge on any atom is 0.290 e. The molecule has 176 valence electrons.